The summed E-state index contributed by atoms with van der Waals surface area (Å²) in [6.07, 6.45) is 8.34. The van der Waals surface area contributed by atoms with E-state index in [1.54, 1.807) is 0 Å². The predicted octanol–water partition coefficient (Wildman–Crippen LogP) is 2.66. The fraction of sp³-hybridized carbons (Fsp3) is 0.923. The van der Waals surface area contributed by atoms with E-state index in [0.717, 1.165) is 31.8 Å². The molecule has 1 rings (SSSR count). The van der Waals surface area contributed by atoms with Gasteiger partial charge in [0, 0.05) is 6.54 Å². The highest BCUT2D eigenvalue weighted by atomic mass is 32.2. The first kappa shape index (κ1) is 16.4. The largest absolute Gasteiger partial charge is 0.307 e. The summed E-state index contributed by atoms with van der Waals surface area (Å²) in [5, 5.41) is 15.5. The zero-order chi connectivity index (χ0) is 13.9. The third-order valence-corrected chi connectivity index (χ3v) is 3.81. The van der Waals surface area contributed by atoms with Gasteiger partial charge in [0.2, 0.25) is 0 Å². The molecule has 1 N–H and O–H groups in total. The van der Waals surface area contributed by atoms with Crippen LogP contribution < -0.4 is 5.32 Å². The lowest BCUT2D eigenvalue weighted by Crippen LogP contribution is -2.23. The van der Waals surface area contributed by atoms with Crippen molar-refractivity contribution in [3.05, 3.63) is 5.82 Å². The van der Waals surface area contributed by atoms with Gasteiger partial charge in [-0.3, -0.25) is 0 Å². The van der Waals surface area contributed by atoms with Crippen LogP contribution in [0.15, 0.2) is 0 Å². The number of unbranched alkanes of at least 4 members (excludes halogenated alkanes) is 3. The number of aromatic nitrogens is 4. The van der Waals surface area contributed by atoms with Gasteiger partial charge in [0.05, 0.1) is 6.04 Å². The number of hydrogen-bond donors (Lipinski definition) is 1. The molecule has 1 aromatic heterocycles. The fourth-order valence-electron chi connectivity index (χ4n) is 1.99. The van der Waals surface area contributed by atoms with Crippen molar-refractivity contribution >= 4 is 11.8 Å². The minimum absolute atomic E-state index is 0.228. The summed E-state index contributed by atoms with van der Waals surface area (Å²) in [6.45, 7) is 6.22. The summed E-state index contributed by atoms with van der Waals surface area (Å²) < 4.78 is 1.95. The molecule has 0 aliphatic heterocycles. The van der Waals surface area contributed by atoms with Crippen LogP contribution >= 0.6 is 11.8 Å². The predicted molar refractivity (Wildman–Crippen MR) is 81.4 cm³/mol. The minimum atomic E-state index is 0.228. The molecule has 0 spiro atoms. The number of nitrogens with zero attached hydrogens (tertiary/aromatic N) is 4. The van der Waals surface area contributed by atoms with Crippen molar-refractivity contribution in [2.45, 2.75) is 58.5 Å². The molecule has 0 saturated heterocycles. The van der Waals surface area contributed by atoms with E-state index in [-0.39, 0.29) is 6.04 Å². The van der Waals surface area contributed by atoms with Gasteiger partial charge < -0.3 is 5.32 Å². The van der Waals surface area contributed by atoms with Crippen LogP contribution in [0, 0.1) is 0 Å². The molecule has 0 aliphatic rings. The molecule has 0 amide bonds. The summed E-state index contributed by atoms with van der Waals surface area (Å²) in [4.78, 5) is 0. The van der Waals surface area contributed by atoms with Crippen molar-refractivity contribution < 1.29 is 0 Å². The highest BCUT2D eigenvalue weighted by Gasteiger charge is 2.12. The lowest BCUT2D eigenvalue weighted by Gasteiger charge is -2.12. The van der Waals surface area contributed by atoms with Gasteiger partial charge in [-0.2, -0.15) is 11.8 Å². The molecule has 0 aromatic carbocycles. The molecule has 1 aromatic rings. The van der Waals surface area contributed by atoms with Crippen LogP contribution in [0.2, 0.25) is 0 Å². The number of hydrogen-bond acceptors (Lipinski definition) is 5. The van der Waals surface area contributed by atoms with Gasteiger partial charge >= 0.3 is 0 Å². The molecule has 110 valence electrons. The minimum Gasteiger partial charge on any atom is -0.307 e. The van der Waals surface area contributed by atoms with Gasteiger partial charge in [-0.05, 0) is 55.2 Å². The molecule has 0 saturated carbocycles. The molecule has 0 bridgehead atoms. The van der Waals surface area contributed by atoms with E-state index in [1.807, 2.05) is 16.4 Å². The molecule has 0 radical (unpaired) electrons. The van der Waals surface area contributed by atoms with Gasteiger partial charge in [-0.25, -0.2) is 4.68 Å². The van der Waals surface area contributed by atoms with E-state index in [4.69, 9.17) is 0 Å². The average molecular weight is 285 g/mol. The van der Waals surface area contributed by atoms with E-state index >= 15 is 0 Å². The highest BCUT2D eigenvalue weighted by molar-refractivity contribution is 7.98. The van der Waals surface area contributed by atoms with Crippen LogP contribution in [0.5, 0.6) is 0 Å². The van der Waals surface area contributed by atoms with Crippen LogP contribution in [0.25, 0.3) is 0 Å². The van der Waals surface area contributed by atoms with E-state index in [0.29, 0.717) is 0 Å². The highest BCUT2D eigenvalue weighted by Crippen LogP contribution is 2.10. The molecular weight excluding hydrogens is 258 g/mol. The maximum atomic E-state index is 4.13. The van der Waals surface area contributed by atoms with E-state index in [1.165, 1.54) is 25.0 Å². The summed E-state index contributed by atoms with van der Waals surface area (Å²) in [6, 6.07) is 0.228. The first-order valence-electron chi connectivity index (χ1n) is 7.28. The Morgan fingerprint density at radius 1 is 1.26 bits per heavy atom. The van der Waals surface area contributed by atoms with Crippen molar-refractivity contribution in [2.75, 3.05) is 18.6 Å². The topological polar surface area (TPSA) is 55.6 Å². The summed E-state index contributed by atoms with van der Waals surface area (Å²) in [5.41, 5.74) is 0. The van der Waals surface area contributed by atoms with E-state index < -0.39 is 0 Å². The standard InChI is InChI=1S/C13H27N5S/c1-4-9-14-12(2)13-15-16-17-18(13)10-7-5-6-8-11-19-3/h12,14H,4-11H2,1-3H3. The molecule has 6 heteroatoms. The quantitative estimate of drug-likeness (QED) is 0.633. The summed E-state index contributed by atoms with van der Waals surface area (Å²) in [5.74, 6) is 2.23. The lowest BCUT2D eigenvalue weighted by molar-refractivity contribution is 0.466. The van der Waals surface area contributed by atoms with E-state index in [9.17, 15) is 0 Å². The van der Waals surface area contributed by atoms with Crippen molar-refractivity contribution in [3.63, 3.8) is 0 Å². The zero-order valence-corrected chi connectivity index (χ0v) is 13.2. The molecular formula is C13H27N5S. The number of nitrogens with one attached hydrogen (secondary N) is 1. The first-order chi connectivity index (χ1) is 9.29. The van der Waals surface area contributed by atoms with Crippen molar-refractivity contribution in [1.29, 1.82) is 0 Å². The summed E-state index contributed by atoms with van der Waals surface area (Å²) >= 11 is 1.93. The zero-order valence-electron chi connectivity index (χ0n) is 12.4. The number of rotatable bonds is 11. The Morgan fingerprint density at radius 3 is 2.79 bits per heavy atom. The van der Waals surface area contributed by atoms with Gasteiger partial charge in [0.15, 0.2) is 5.82 Å². The molecule has 5 nitrogen and oxygen atoms in total. The van der Waals surface area contributed by atoms with E-state index in [2.05, 4.69) is 40.9 Å². The normalized spacial score (nSPS) is 12.8. The Labute approximate surface area is 120 Å². The summed E-state index contributed by atoms with van der Waals surface area (Å²) in [7, 11) is 0. The van der Waals surface area contributed by atoms with Gasteiger partial charge in [0.25, 0.3) is 0 Å². The van der Waals surface area contributed by atoms with Crippen molar-refractivity contribution in [2.24, 2.45) is 0 Å². The lowest BCUT2D eigenvalue weighted by atomic mass is 10.2. The molecule has 19 heavy (non-hydrogen) atoms. The number of thioether (sulfide) groups is 1. The fourth-order valence-corrected chi connectivity index (χ4v) is 2.49. The third kappa shape index (κ3) is 6.38. The van der Waals surface area contributed by atoms with Crippen LogP contribution in [0.4, 0.5) is 0 Å². The second-order valence-corrected chi connectivity index (χ2v) is 5.83. The number of tetrazole rings is 1. The van der Waals surface area contributed by atoms with Crippen molar-refractivity contribution in [1.82, 2.24) is 25.5 Å². The van der Waals surface area contributed by atoms with Gasteiger partial charge in [-0.1, -0.05) is 19.8 Å². The molecule has 0 fully saturated rings. The van der Waals surface area contributed by atoms with Crippen LogP contribution in [0.1, 0.15) is 57.8 Å². The van der Waals surface area contributed by atoms with Gasteiger partial charge in [0.1, 0.15) is 0 Å². The Bertz CT molecular complexity index is 329. The van der Waals surface area contributed by atoms with Crippen LogP contribution in [0.3, 0.4) is 0 Å². The van der Waals surface area contributed by atoms with Crippen LogP contribution in [-0.2, 0) is 6.54 Å². The molecule has 1 atom stereocenters. The Balaban J connectivity index is 2.28. The smallest absolute Gasteiger partial charge is 0.167 e. The van der Waals surface area contributed by atoms with Crippen molar-refractivity contribution in [3.8, 4) is 0 Å². The first-order valence-corrected chi connectivity index (χ1v) is 8.67. The monoisotopic (exact) mass is 285 g/mol. The maximum absolute atomic E-state index is 4.13. The Kier molecular flexibility index (Phi) is 8.82. The SMILES string of the molecule is CCCNC(C)c1nnnn1CCCCCCSC. The Hall–Kier alpha value is -0.620. The number of aryl methyl sites for hydroxylation is 1. The Morgan fingerprint density at radius 2 is 2.05 bits per heavy atom. The van der Waals surface area contributed by atoms with Crippen LogP contribution in [-0.4, -0.2) is 38.8 Å². The second kappa shape index (κ2) is 10.2. The molecule has 1 unspecified atom stereocenters. The molecule has 0 aliphatic carbocycles. The average Bonchev–Trinajstić information content (AvgIpc) is 2.88. The third-order valence-electron chi connectivity index (χ3n) is 3.12. The molecule has 1 heterocycles. The second-order valence-electron chi connectivity index (χ2n) is 4.84. The maximum Gasteiger partial charge on any atom is 0.167 e. The van der Waals surface area contributed by atoms with Gasteiger partial charge in [-0.15, -0.1) is 5.10 Å².